The van der Waals surface area contributed by atoms with Crippen LogP contribution in [-0.2, 0) is 6.42 Å². The lowest BCUT2D eigenvalue weighted by atomic mass is 10.0. The summed E-state index contributed by atoms with van der Waals surface area (Å²) < 4.78 is 14.6. The second-order valence-electron chi connectivity index (χ2n) is 3.94. The molecule has 0 saturated heterocycles. The second kappa shape index (κ2) is 6.18. The predicted molar refractivity (Wildman–Crippen MR) is 80.9 cm³/mol. The van der Waals surface area contributed by atoms with Crippen LogP contribution < -0.4 is 0 Å². The minimum atomic E-state index is -0.215. The first-order chi connectivity index (χ1) is 8.58. The van der Waals surface area contributed by atoms with Gasteiger partial charge in [-0.25, -0.2) is 4.39 Å². The van der Waals surface area contributed by atoms with Crippen LogP contribution >= 0.6 is 43.5 Å². The van der Waals surface area contributed by atoms with Crippen molar-refractivity contribution in [1.82, 2.24) is 0 Å². The number of alkyl halides is 1. The van der Waals surface area contributed by atoms with Crippen molar-refractivity contribution in [3.05, 3.63) is 68.9 Å². The maximum absolute atomic E-state index is 13.8. The molecule has 0 radical (unpaired) electrons. The van der Waals surface area contributed by atoms with Crippen molar-refractivity contribution in [2.24, 2.45) is 0 Å². The summed E-state index contributed by atoms with van der Waals surface area (Å²) in [6.45, 7) is 0. The van der Waals surface area contributed by atoms with Crippen LogP contribution in [-0.4, -0.2) is 0 Å². The Hall–Kier alpha value is -0.380. The third-order valence-corrected chi connectivity index (χ3v) is 4.33. The van der Waals surface area contributed by atoms with E-state index < -0.39 is 0 Å². The Balaban J connectivity index is 2.25. The molecule has 0 N–H and O–H groups in total. The van der Waals surface area contributed by atoms with E-state index in [0.717, 1.165) is 10.0 Å². The van der Waals surface area contributed by atoms with Crippen LogP contribution in [0.4, 0.5) is 4.39 Å². The quantitative estimate of drug-likeness (QED) is 0.569. The summed E-state index contributed by atoms with van der Waals surface area (Å²) in [5.74, 6) is -0.215. The maximum Gasteiger partial charge on any atom is 0.128 e. The Morgan fingerprint density at radius 3 is 2.56 bits per heavy atom. The molecule has 0 heterocycles. The lowest BCUT2D eigenvalue weighted by Gasteiger charge is -2.13. The summed E-state index contributed by atoms with van der Waals surface area (Å²) >= 11 is 12.9. The van der Waals surface area contributed by atoms with Crippen molar-refractivity contribution in [2.75, 3.05) is 0 Å². The minimum absolute atomic E-state index is 0.0912. The van der Waals surface area contributed by atoms with Gasteiger partial charge in [-0.05, 0) is 36.2 Å². The molecule has 0 saturated carbocycles. The van der Waals surface area contributed by atoms with Gasteiger partial charge in [-0.3, -0.25) is 0 Å². The van der Waals surface area contributed by atoms with E-state index in [1.807, 2.05) is 30.3 Å². The SMILES string of the molecule is Fc1cccc(Br)c1C(Br)Cc1cccc(Cl)c1. The lowest BCUT2D eigenvalue weighted by Crippen LogP contribution is -1.99. The van der Waals surface area contributed by atoms with E-state index in [-0.39, 0.29) is 10.6 Å². The number of halogens is 4. The second-order valence-corrected chi connectivity index (χ2v) is 6.33. The van der Waals surface area contributed by atoms with Crippen molar-refractivity contribution >= 4 is 43.5 Å². The fourth-order valence-corrected chi connectivity index (χ4v) is 3.76. The van der Waals surface area contributed by atoms with Crippen LogP contribution in [0.1, 0.15) is 16.0 Å². The van der Waals surface area contributed by atoms with Crippen molar-refractivity contribution < 1.29 is 4.39 Å². The number of hydrogen-bond donors (Lipinski definition) is 0. The van der Waals surface area contributed by atoms with E-state index in [9.17, 15) is 4.39 Å². The average Bonchev–Trinajstić information content (AvgIpc) is 2.28. The van der Waals surface area contributed by atoms with Crippen LogP contribution in [0, 0.1) is 5.82 Å². The van der Waals surface area contributed by atoms with Gasteiger partial charge in [0.25, 0.3) is 0 Å². The Morgan fingerprint density at radius 1 is 1.17 bits per heavy atom. The van der Waals surface area contributed by atoms with Gasteiger partial charge in [0.2, 0.25) is 0 Å². The van der Waals surface area contributed by atoms with E-state index in [1.165, 1.54) is 6.07 Å². The van der Waals surface area contributed by atoms with E-state index in [4.69, 9.17) is 11.6 Å². The fourth-order valence-electron chi connectivity index (χ4n) is 1.78. The molecule has 0 aliphatic rings. The predicted octanol–water partition coefficient (Wildman–Crippen LogP) is 5.92. The molecule has 2 aromatic rings. The largest absolute Gasteiger partial charge is 0.207 e. The highest BCUT2D eigenvalue weighted by Gasteiger charge is 2.16. The molecule has 1 atom stereocenters. The zero-order valence-electron chi connectivity index (χ0n) is 9.34. The van der Waals surface area contributed by atoms with Crippen LogP contribution in [0.2, 0.25) is 5.02 Å². The smallest absolute Gasteiger partial charge is 0.128 e. The zero-order valence-corrected chi connectivity index (χ0v) is 13.3. The Bertz CT molecular complexity index is 537. The topological polar surface area (TPSA) is 0 Å². The summed E-state index contributed by atoms with van der Waals surface area (Å²) in [7, 11) is 0. The van der Waals surface area contributed by atoms with Gasteiger partial charge < -0.3 is 0 Å². The molecule has 0 aromatic heterocycles. The summed E-state index contributed by atoms with van der Waals surface area (Å²) in [6, 6.07) is 12.6. The third-order valence-electron chi connectivity index (χ3n) is 2.62. The lowest BCUT2D eigenvalue weighted by molar-refractivity contribution is 0.606. The highest BCUT2D eigenvalue weighted by atomic mass is 79.9. The summed E-state index contributed by atoms with van der Waals surface area (Å²) in [5, 5.41) is 0.694. The summed E-state index contributed by atoms with van der Waals surface area (Å²) in [4.78, 5) is -0.0912. The third kappa shape index (κ3) is 3.34. The Labute approximate surface area is 127 Å². The monoisotopic (exact) mass is 390 g/mol. The molecule has 0 aliphatic heterocycles. The van der Waals surface area contributed by atoms with Crippen LogP contribution in [0.3, 0.4) is 0 Å². The van der Waals surface area contributed by atoms with Gasteiger partial charge in [0.15, 0.2) is 0 Å². The van der Waals surface area contributed by atoms with E-state index in [2.05, 4.69) is 31.9 Å². The molecular formula is C14H10Br2ClF. The van der Waals surface area contributed by atoms with Gasteiger partial charge in [-0.2, -0.15) is 0 Å². The van der Waals surface area contributed by atoms with Gasteiger partial charge in [0.1, 0.15) is 5.82 Å². The minimum Gasteiger partial charge on any atom is -0.207 e. The summed E-state index contributed by atoms with van der Waals surface area (Å²) in [5.41, 5.74) is 1.71. The van der Waals surface area contributed by atoms with Gasteiger partial charge in [-0.1, -0.05) is 61.7 Å². The van der Waals surface area contributed by atoms with Crippen LogP contribution in [0.15, 0.2) is 46.9 Å². The molecule has 18 heavy (non-hydrogen) atoms. The normalized spacial score (nSPS) is 12.4. The highest BCUT2D eigenvalue weighted by Crippen LogP contribution is 2.34. The molecule has 0 spiro atoms. The van der Waals surface area contributed by atoms with E-state index in [0.29, 0.717) is 17.0 Å². The molecular weight excluding hydrogens is 382 g/mol. The van der Waals surface area contributed by atoms with Crippen molar-refractivity contribution in [3.63, 3.8) is 0 Å². The molecule has 0 bridgehead atoms. The van der Waals surface area contributed by atoms with Crippen molar-refractivity contribution in [1.29, 1.82) is 0 Å². The van der Waals surface area contributed by atoms with E-state index >= 15 is 0 Å². The van der Waals surface area contributed by atoms with Crippen molar-refractivity contribution in [3.8, 4) is 0 Å². The Morgan fingerprint density at radius 2 is 1.89 bits per heavy atom. The van der Waals surface area contributed by atoms with Crippen molar-refractivity contribution in [2.45, 2.75) is 11.2 Å². The first-order valence-corrected chi connectivity index (χ1v) is 7.49. The average molecular weight is 392 g/mol. The van der Waals surface area contributed by atoms with E-state index in [1.54, 1.807) is 6.07 Å². The molecule has 1 unspecified atom stereocenters. The molecule has 2 aromatic carbocycles. The van der Waals surface area contributed by atoms with Crippen LogP contribution in [0.25, 0.3) is 0 Å². The number of benzene rings is 2. The zero-order chi connectivity index (χ0) is 13.1. The Kier molecular flexibility index (Phi) is 4.82. The van der Waals surface area contributed by atoms with Gasteiger partial charge >= 0.3 is 0 Å². The van der Waals surface area contributed by atoms with Gasteiger partial charge in [-0.15, -0.1) is 0 Å². The van der Waals surface area contributed by atoms with Gasteiger partial charge in [0, 0.05) is 19.9 Å². The molecule has 0 fully saturated rings. The maximum atomic E-state index is 13.8. The molecule has 4 heteroatoms. The first-order valence-electron chi connectivity index (χ1n) is 5.40. The molecule has 94 valence electrons. The van der Waals surface area contributed by atoms with Crippen LogP contribution in [0.5, 0.6) is 0 Å². The first kappa shape index (κ1) is 14.0. The van der Waals surface area contributed by atoms with Gasteiger partial charge in [0.05, 0.1) is 0 Å². The molecule has 0 amide bonds. The highest BCUT2D eigenvalue weighted by molar-refractivity contribution is 9.11. The number of rotatable bonds is 3. The summed E-state index contributed by atoms with van der Waals surface area (Å²) in [6.07, 6.45) is 0.681. The molecule has 0 nitrogen and oxygen atoms in total. The molecule has 2 rings (SSSR count). The number of hydrogen-bond acceptors (Lipinski definition) is 0. The fraction of sp³-hybridized carbons (Fsp3) is 0.143. The standard InChI is InChI=1S/C14H10Br2ClF/c15-11-5-2-6-13(18)14(11)12(16)8-9-3-1-4-10(17)7-9/h1-7,12H,8H2. The molecule has 0 aliphatic carbocycles.